The van der Waals surface area contributed by atoms with Crippen LogP contribution in [0.2, 0.25) is 5.02 Å². The van der Waals surface area contributed by atoms with E-state index in [0.29, 0.717) is 16.2 Å². The molecule has 0 aliphatic carbocycles. The van der Waals surface area contributed by atoms with Crippen LogP contribution in [-0.4, -0.2) is 24.5 Å². The second-order valence-electron chi connectivity index (χ2n) is 5.27. The van der Waals surface area contributed by atoms with Crippen molar-refractivity contribution in [3.63, 3.8) is 0 Å². The van der Waals surface area contributed by atoms with Crippen LogP contribution in [0.4, 0.5) is 0 Å². The summed E-state index contributed by atoms with van der Waals surface area (Å²) in [4.78, 5) is 23.9. The molecular formula is C15H16ClNO4. The molecule has 112 valence electrons. The second-order valence-corrected chi connectivity index (χ2v) is 5.70. The third kappa shape index (κ3) is 2.88. The minimum absolute atomic E-state index is 0.157. The first-order valence-electron chi connectivity index (χ1n) is 6.36. The summed E-state index contributed by atoms with van der Waals surface area (Å²) in [6, 6.07) is 5.12. The molecule has 0 atom stereocenters. The average molecular weight is 310 g/mol. The Kier molecular flexibility index (Phi) is 3.96. The van der Waals surface area contributed by atoms with Gasteiger partial charge < -0.3 is 14.5 Å². The van der Waals surface area contributed by atoms with Gasteiger partial charge in [0.25, 0.3) is 5.91 Å². The molecule has 6 heteroatoms. The molecule has 0 unspecified atom stereocenters. The maximum absolute atomic E-state index is 12.3. The Bertz CT molecular complexity index is 718. The molecule has 2 aromatic rings. The number of nitrogens with one attached hydrogen (secondary N) is 1. The third-order valence-corrected chi connectivity index (χ3v) is 3.46. The number of ether oxygens (including phenoxy) is 1. The van der Waals surface area contributed by atoms with Crippen molar-refractivity contribution in [3.8, 4) is 0 Å². The number of fused-ring (bicyclic) bond motifs is 1. The Morgan fingerprint density at radius 1 is 1.33 bits per heavy atom. The van der Waals surface area contributed by atoms with Gasteiger partial charge in [0.1, 0.15) is 11.1 Å². The van der Waals surface area contributed by atoms with Gasteiger partial charge >= 0.3 is 5.97 Å². The summed E-state index contributed by atoms with van der Waals surface area (Å²) in [7, 11) is 1.27. The summed E-state index contributed by atoms with van der Waals surface area (Å²) in [6.07, 6.45) is 0. The van der Waals surface area contributed by atoms with Crippen molar-refractivity contribution in [2.75, 3.05) is 7.11 Å². The zero-order valence-corrected chi connectivity index (χ0v) is 13.0. The van der Waals surface area contributed by atoms with Gasteiger partial charge in [-0.05, 0) is 39.0 Å². The molecule has 1 heterocycles. The quantitative estimate of drug-likeness (QED) is 0.885. The number of carbonyl (C=O) groups is 2. The molecule has 0 aliphatic rings. The van der Waals surface area contributed by atoms with Gasteiger partial charge in [-0.1, -0.05) is 11.6 Å². The lowest BCUT2D eigenvalue weighted by Gasteiger charge is -2.22. The molecule has 0 fully saturated rings. The molecule has 0 spiro atoms. The van der Waals surface area contributed by atoms with Crippen LogP contribution >= 0.6 is 11.6 Å². The van der Waals surface area contributed by atoms with Gasteiger partial charge in [-0.15, -0.1) is 0 Å². The summed E-state index contributed by atoms with van der Waals surface area (Å²) >= 11 is 5.94. The van der Waals surface area contributed by atoms with Crippen LogP contribution in [-0.2, 0) is 9.53 Å². The predicted octanol–water partition coefficient (Wildman–Crippen LogP) is 3.08. The number of methoxy groups -OCH3 is 1. The minimum Gasteiger partial charge on any atom is -0.467 e. The monoisotopic (exact) mass is 309 g/mol. The Hall–Kier alpha value is -2.01. The van der Waals surface area contributed by atoms with E-state index >= 15 is 0 Å². The van der Waals surface area contributed by atoms with Gasteiger partial charge in [-0.3, -0.25) is 4.79 Å². The van der Waals surface area contributed by atoms with Gasteiger partial charge in [0.2, 0.25) is 0 Å². The fraction of sp³-hybridized carbons (Fsp3) is 0.333. The first-order chi connectivity index (χ1) is 9.76. The highest BCUT2D eigenvalue weighted by Gasteiger charge is 2.32. The summed E-state index contributed by atoms with van der Waals surface area (Å²) in [5.41, 5.74) is 0.0955. The van der Waals surface area contributed by atoms with Crippen molar-refractivity contribution in [3.05, 3.63) is 34.5 Å². The number of hydrogen-bond donors (Lipinski definition) is 1. The molecule has 0 radical (unpaired) electrons. The number of esters is 1. The van der Waals surface area contributed by atoms with Crippen LogP contribution in [0.25, 0.3) is 11.0 Å². The molecule has 21 heavy (non-hydrogen) atoms. The third-order valence-electron chi connectivity index (χ3n) is 3.23. The number of halogens is 1. The van der Waals surface area contributed by atoms with Crippen molar-refractivity contribution in [1.29, 1.82) is 0 Å². The van der Waals surface area contributed by atoms with Crippen LogP contribution in [0.15, 0.2) is 22.6 Å². The number of amides is 1. The molecule has 1 aromatic heterocycles. The lowest BCUT2D eigenvalue weighted by molar-refractivity contribution is -0.146. The van der Waals surface area contributed by atoms with Gasteiger partial charge in [-0.25, -0.2) is 4.79 Å². The Balaban J connectivity index is 2.36. The molecule has 2 rings (SSSR count). The van der Waals surface area contributed by atoms with Crippen LogP contribution in [0.1, 0.15) is 30.0 Å². The van der Waals surface area contributed by atoms with E-state index in [4.69, 9.17) is 16.0 Å². The Labute approximate surface area is 127 Å². The van der Waals surface area contributed by atoms with Gasteiger partial charge in [0.05, 0.1) is 7.11 Å². The lowest BCUT2D eigenvalue weighted by Crippen LogP contribution is -2.50. The van der Waals surface area contributed by atoms with Crippen LogP contribution in [0.5, 0.6) is 0 Å². The largest absolute Gasteiger partial charge is 0.467 e. The number of benzene rings is 1. The molecule has 0 bridgehead atoms. The van der Waals surface area contributed by atoms with Crippen molar-refractivity contribution >= 4 is 34.4 Å². The smallest absolute Gasteiger partial charge is 0.330 e. The van der Waals surface area contributed by atoms with Gasteiger partial charge in [-0.2, -0.15) is 0 Å². The first-order valence-corrected chi connectivity index (χ1v) is 6.73. The van der Waals surface area contributed by atoms with E-state index in [1.165, 1.54) is 7.11 Å². The van der Waals surface area contributed by atoms with Crippen molar-refractivity contribution < 1.29 is 18.7 Å². The second kappa shape index (κ2) is 5.41. The number of hydrogen-bond acceptors (Lipinski definition) is 4. The molecule has 0 saturated heterocycles. The summed E-state index contributed by atoms with van der Waals surface area (Å²) < 4.78 is 10.2. The van der Waals surface area contributed by atoms with E-state index < -0.39 is 17.4 Å². The van der Waals surface area contributed by atoms with E-state index in [1.807, 2.05) is 0 Å². The lowest BCUT2D eigenvalue weighted by atomic mass is 10.1. The van der Waals surface area contributed by atoms with Crippen LogP contribution in [0.3, 0.4) is 0 Å². The van der Waals surface area contributed by atoms with Crippen molar-refractivity contribution in [2.24, 2.45) is 0 Å². The standard InChI is InChI=1S/C15H16ClNO4/c1-8-10-7-9(16)5-6-11(10)21-12(8)13(18)17-15(2,3)14(19)20-4/h5-7H,1-4H3,(H,17,18). The van der Waals surface area contributed by atoms with E-state index in [1.54, 1.807) is 39.0 Å². The highest BCUT2D eigenvalue weighted by molar-refractivity contribution is 6.31. The van der Waals surface area contributed by atoms with Crippen LogP contribution in [0, 0.1) is 6.92 Å². The zero-order chi connectivity index (χ0) is 15.8. The van der Waals surface area contributed by atoms with Crippen molar-refractivity contribution in [2.45, 2.75) is 26.3 Å². The summed E-state index contributed by atoms with van der Waals surface area (Å²) in [5, 5.41) is 3.93. The zero-order valence-electron chi connectivity index (χ0n) is 12.2. The highest BCUT2D eigenvalue weighted by Crippen LogP contribution is 2.28. The average Bonchev–Trinajstić information content (AvgIpc) is 2.74. The highest BCUT2D eigenvalue weighted by atomic mass is 35.5. The number of rotatable bonds is 3. The van der Waals surface area contributed by atoms with E-state index in [0.717, 1.165) is 5.39 Å². The maximum atomic E-state index is 12.3. The predicted molar refractivity (Wildman–Crippen MR) is 79.5 cm³/mol. The molecular weight excluding hydrogens is 294 g/mol. The number of aryl methyl sites for hydroxylation is 1. The maximum Gasteiger partial charge on any atom is 0.330 e. The molecule has 1 amide bonds. The fourth-order valence-corrected chi connectivity index (χ4v) is 2.23. The number of furan rings is 1. The summed E-state index contributed by atoms with van der Waals surface area (Å²) in [5.74, 6) is -0.855. The topological polar surface area (TPSA) is 68.5 Å². The van der Waals surface area contributed by atoms with Gasteiger partial charge in [0, 0.05) is 16.0 Å². The van der Waals surface area contributed by atoms with Crippen LogP contribution < -0.4 is 5.32 Å². The summed E-state index contributed by atoms with van der Waals surface area (Å²) in [6.45, 7) is 4.89. The minimum atomic E-state index is -1.14. The molecule has 5 nitrogen and oxygen atoms in total. The Morgan fingerprint density at radius 3 is 2.62 bits per heavy atom. The fourth-order valence-electron chi connectivity index (χ4n) is 2.06. The van der Waals surface area contributed by atoms with Gasteiger partial charge in [0.15, 0.2) is 5.76 Å². The molecule has 0 aliphatic heterocycles. The van der Waals surface area contributed by atoms with Crippen molar-refractivity contribution in [1.82, 2.24) is 5.32 Å². The molecule has 1 aromatic carbocycles. The van der Waals surface area contributed by atoms with E-state index in [2.05, 4.69) is 10.1 Å². The first kappa shape index (κ1) is 15.4. The van der Waals surface area contributed by atoms with E-state index in [-0.39, 0.29) is 5.76 Å². The Morgan fingerprint density at radius 2 is 2.00 bits per heavy atom. The molecule has 0 saturated carbocycles. The normalized spacial score (nSPS) is 11.5. The van der Waals surface area contributed by atoms with E-state index in [9.17, 15) is 9.59 Å². The number of carbonyl (C=O) groups excluding carboxylic acids is 2. The SMILES string of the molecule is COC(=O)C(C)(C)NC(=O)c1oc2ccc(Cl)cc2c1C. The molecule has 1 N–H and O–H groups in total.